The molecule has 0 saturated carbocycles. The Labute approximate surface area is 191 Å². The normalized spacial score (nSPS) is 12.2. The summed E-state index contributed by atoms with van der Waals surface area (Å²) in [7, 11) is 1.57. The van der Waals surface area contributed by atoms with Crippen LogP contribution >= 0.6 is 0 Å². The van der Waals surface area contributed by atoms with Crippen molar-refractivity contribution in [2.45, 2.75) is 65.1 Å². The predicted molar refractivity (Wildman–Crippen MR) is 125 cm³/mol. The first-order chi connectivity index (χ1) is 15.1. The molecule has 6 nitrogen and oxygen atoms in total. The maximum atomic E-state index is 12.4. The third-order valence-electron chi connectivity index (χ3n) is 4.89. The molecule has 0 bridgehead atoms. The number of hydrogen-bond acceptors (Lipinski definition) is 5. The van der Waals surface area contributed by atoms with Gasteiger partial charge in [-0.15, -0.1) is 0 Å². The lowest BCUT2D eigenvalue weighted by molar-refractivity contribution is 0.0205. The van der Waals surface area contributed by atoms with Crippen molar-refractivity contribution in [3.63, 3.8) is 0 Å². The van der Waals surface area contributed by atoms with Crippen LogP contribution in [0.1, 0.15) is 74.5 Å². The fourth-order valence-corrected chi connectivity index (χ4v) is 3.09. The third-order valence-corrected chi connectivity index (χ3v) is 4.89. The van der Waals surface area contributed by atoms with E-state index >= 15 is 0 Å². The van der Waals surface area contributed by atoms with E-state index in [1.807, 2.05) is 12.1 Å². The number of likely N-dealkylation sites (N-methyl/N-ethyl adjacent to an activating group) is 1. The van der Waals surface area contributed by atoms with Gasteiger partial charge < -0.3 is 19.5 Å². The average Bonchev–Trinajstić information content (AvgIpc) is 2.73. The molecule has 0 aromatic heterocycles. The molecule has 0 fully saturated rings. The van der Waals surface area contributed by atoms with Crippen molar-refractivity contribution in [2.24, 2.45) is 0 Å². The zero-order chi connectivity index (χ0) is 23.7. The van der Waals surface area contributed by atoms with Gasteiger partial charge in [0, 0.05) is 7.05 Å². The zero-order valence-electron chi connectivity index (χ0n) is 19.8. The van der Waals surface area contributed by atoms with E-state index < -0.39 is 23.8 Å². The molecule has 32 heavy (non-hydrogen) atoms. The number of carbonyl (C=O) groups is 2. The van der Waals surface area contributed by atoms with E-state index in [1.54, 1.807) is 64.2 Å². The summed E-state index contributed by atoms with van der Waals surface area (Å²) in [5, 5.41) is 10.4. The summed E-state index contributed by atoms with van der Waals surface area (Å²) in [5.41, 5.74) is 1.71. The number of unbranched alkanes of at least 4 members (excludes halogenated alkanes) is 2. The van der Waals surface area contributed by atoms with Gasteiger partial charge in [0.1, 0.15) is 11.4 Å². The van der Waals surface area contributed by atoms with Crippen LogP contribution in [0.5, 0.6) is 5.75 Å². The topological polar surface area (TPSA) is 76.1 Å². The Hall–Kier alpha value is -2.86. The summed E-state index contributed by atoms with van der Waals surface area (Å²) < 4.78 is 10.7. The molecular weight excluding hydrogens is 406 g/mol. The van der Waals surface area contributed by atoms with Crippen LogP contribution in [0.3, 0.4) is 0 Å². The molecule has 2 aromatic carbocycles. The number of esters is 1. The number of aliphatic hydroxyl groups excluding tert-OH is 1. The lowest BCUT2D eigenvalue weighted by Gasteiger charge is -2.26. The molecule has 2 rings (SSSR count). The van der Waals surface area contributed by atoms with Crippen LogP contribution in [0.4, 0.5) is 4.79 Å². The summed E-state index contributed by atoms with van der Waals surface area (Å²) in [6.07, 6.45) is 3.14. The van der Waals surface area contributed by atoms with Crippen LogP contribution < -0.4 is 4.74 Å². The number of aryl methyl sites for hydroxylation is 1. The fourth-order valence-electron chi connectivity index (χ4n) is 3.09. The van der Waals surface area contributed by atoms with E-state index in [9.17, 15) is 14.7 Å². The molecule has 0 aliphatic heterocycles. The standard InChI is InChI=1S/C26H35NO5/c1-6-7-8-9-19-10-12-21(13-11-19)24(29)31-22-16-14-20(15-17-22)23(28)18-27(5)25(30)32-26(2,3)4/h10-17,23,28H,6-9,18H2,1-5H3. The lowest BCUT2D eigenvalue weighted by Crippen LogP contribution is -2.36. The van der Waals surface area contributed by atoms with Gasteiger partial charge in [-0.3, -0.25) is 0 Å². The third kappa shape index (κ3) is 8.35. The van der Waals surface area contributed by atoms with Gasteiger partial charge in [-0.25, -0.2) is 9.59 Å². The Bertz CT molecular complexity index is 869. The van der Waals surface area contributed by atoms with Crippen molar-refractivity contribution in [3.8, 4) is 5.75 Å². The largest absolute Gasteiger partial charge is 0.444 e. The second kappa shape index (κ2) is 11.7. The number of aliphatic hydroxyl groups is 1. The van der Waals surface area contributed by atoms with Crippen LogP contribution in [-0.4, -0.2) is 41.3 Å². The van der Waals surface area contributed by atoms with Crippen molar-refractivity contribution >= 4 is 12.1 Å². The SMILES string of the molecule is CCCCCc1ccc(C(=O)Oc2ccc(C(O)CN(C)C(=O)OC(C)(C)C)cc2)cc1. The van der Waals surface area contributed by atoms with Gasteiger partial charge >= 0.3 is 12.1 Å². The summed E-state index contributed by atoms with van der Waals surface area (Å²) in [6, 6.07) is 14.1. The Morgan fingerprint density at radius 3 is 2.19 bits per heavy atom. The summed E-state index contributed by atoms with van der Waals surface area (Å²) in [6.45, 7) is 7.62. The zero-order valence-corrected chi connectivity index (χ0v) is 19.8. The van der Waals surface area contributed by atoms with Gasteiger partial charge in [-0.05, 0) is 69.0 Å². The number of amides is 1. The molecular formula is C26H35NO5. The highest BCUT2D eigenvalue weighted by Gasteiger charge is 2.22. The second-order valence-electron chi connectivity index (χ2n) is 8.99. The van der Waals surface area contributed by atoms with Crippen LogP contribution in [0.15, 0.2) is 48.5 Å². The van der Waals surface area contributed by atoms with Crippen molar-refractivity contribution in [1.82, 2.24) is 4.90 Å². The molecule has 0 radical (unpaired) electrons. The number of benzene rings is 2. The number of rotatable bonds is 9. The molecule has 0 saturated heterocycles. The Morgan fingerprint density at radius 2 is 1.62 bits per heavy atom. The molecule has 1 amide bonds. The van der Waals surface area contributed by atoms with Crippen molar-refractivity contribution in [3.05, 3.63) is 65.2 Å². The highest BCUT2D eigenvalue weighted by atomic mass is 16.6. The maximum absolute atomic E-state index is 12.4. The monoisotopic (exact) mass is 441 g/mol. The molecule has 0 aliphatic carbocycles. The first-order valence-electron chi connectivity index (χ1n) is 11.1. The van der Waals surface area contributed by atoms with E-state index in [1.165, 1.54) is 23.3 Å². The molecule has 1 unspecified atom stereocenters. The Morgan fingerprint density at radius 1 is 1.00 bits per heavy atom. The highest BCUT2D eigenvalue weighted by Crippen LogP contribution is 2.20. The minimum Gasteiger partial charge on any atom is -0.444 e. The summed E-state index contributed by atoms with van der Waals surface area (Å²) in [4.78, 5) is 25.8. The average molecular weight is 442 g/mol. The number of hydrogen-bond donors (Lipinski definition) is 1. The van der Waals surface area contributed by atoms with Crippen LogP contribution in [0.2, 0.25) is 0 Å². The summed E-state index contributed by atoms with van der Waals surface area (Å²) >= 11 is 0. The lowest BCUT2D eigenvalue weighted by atomic mass is 10.1. The Balaban J connectivity index is 1.90. The van der Waals surface area contributed by atoms with E-state index in [0.717, 1.165) is 12.8 Å². The number of ether oxygens (including phenoxy) is 2. The first-order valence-corrected chi connectivity index (χ1v) is 11.1. The quantitative estimate of drug-likeness (QED) is 0.314. The van der Waals surface area contributed by atoms with Gasteiger partial charge in [-0.1, -0.05) is 44.0 Å². The smallest absolute Gasteiger partial charge is 0.410 e. The van der Waals surface area contributed by atoms with Crippen molar-refractivity contribution in [1.29, 1.82) is 0 Å². The van der Waals surface area contributed by atoms with Crippen molar-refractivity contribution < 1.29 is 24.2 Å². The van der Waals surface area contributed by atoms with Gasteiger partial charge in [-0.2, -0.15) is 0 Å². The van der Waals surface area contributed by atoms with E-state index in [2.05, 4.69) is 6.92 Å². The molecule has 174 valence electrons. The number of carbonyl (C=O) groups excluding carboxylic acids is 2. The van der Waals surface area contributed by atoms with Crippen LogP contribution in [-0.2, 0) is 11.2 Å². The molecule has 0 aliphatic rings. The fraction of sp³-hybridized carbons (Fsp3) is 0.462. The van der Waals surface area contributed by atoms with E-state index in [0.29, 0.717) is 16.9 Å². The van der Waals surface area contributed by atoms with Gasteiger partial charge in [0.2, 0.25) is 0 Å². The predicted octanol–water partition coefficient (Wildman–Crippen LogP) is 5.54. The van der Waals surface area contributed by atoms with Crippen molar-refractivity contribution in [2.75, 3.05) is 13.6 Å². The molecule has 1 atom stereocenters. The molecule has 1 N–H and O–H groups in total. The van der Waals surface area contributed by atoms with Crippen LogP contribution in [0.25, 0.3) is 0 Å². The van der Waals surface area contributed by atoms with Gasteiger partial charge in [0.15, 0.2) is 0 Å². The molecule has 0 spiro atoms. The van der Waals surface area contributed by atoms with Gasteiger partial charge in [0.25, 0.3) is 0 Å². The molecule has 6 heteroatoms. The first kappa shape index (κ1) is 25.4. The minimum atomic E-state index is -0.891. The minimum absolute atomic E-state index is 0.0820. The maximum Gasteiger partial charge on any atom is 0.410 e. The van der Waals surface area contributed by atoms with E-state index in [-0.39, 0.29) is 6.54 Å². The molecule has 2 aromatic rings. The Kier molecular flexibility index (Phi) is 9.27. The second-order valence-corrected chi connectivity index (χ2v) is 8.99. The van der Waals surface area contributed by atoms with Crippen LogP contribution in [0, 0.1) is 0 Å². The summed E-state index contributed by atoms with van der Waals surface area (Å²) in [5.74, 6) is -0.0402. The molecule has 0 heterocycles. The van der Waals surface area contributed by atoms with E-state index in [4.69, 9.17) is 9.47 Å². The van der Waals surface area contributed by atoms with Gasteiger partial charge in [0.05, 0.1) is 18.2 Å². The number of nitrogens with zero attached hydrogens (tertiary/aromatic N) is 1. The highest BCUT2D eigenvalue weighted by molar-refractivity contribution is 5.91.